The number of non-ortho nitro benzene ring substituents is 1. The summed E-state index contributed by atoms with van der Waals surface area (Å²) in [5.74, 6) is 0.459. The van der Waals surface area contributed by atoms with Gasteiger partial charge in [-0.1, -0.05) is 0 Å². The van der Waals surface area contributed by atoms with Gasteiger partial charge in [0.1, 0.15) is 12.4 Å². The van der Waals surface area contributed by atoms with Crippen molar-refractivity contribution in [3.8, 4) is 5.75 Å². The van der Waals surface area contributed by atoms with Gasteiger partial charge in [-0.25, -0.2) is 0 Å². The summed E-state index contributed by atoms with van der Waals surface area (Å²) in [5, 5.41) is 13.6. The minimum Gasteiger partial charge on any atom is -0.491 e. The lowest BCUT2D eigenvalue weighted by molar-refractivity contribution is -0.384. The third-order valence-corrected chi connectivity index (χ3v) is 2.19. The van der Waals surface area contributed by atoms with Crippen molar-refractivity contribution in [2.75, 3.05) is 25.6 Å². The molecule has 0 aromatic heterocycles. The van der Waals surface area contributed by atoms with E-state index in [4.69, 9.17) is 9.47 Å². The summed E-state index contributed by atoms with van der Waals surface area (Å²) in [5.41, 5.74) is 0.644. The summed E-state index contributed by atoms with van der Waals surface area (Å²) in [7, 11) is 1.70. The zero-order valence-corrected chi connectivity index (χ0v) is 10.8. The van der Waals surface area contributed by atoms with Crippen LogP contribution in [0.5, 0.6) is 5.75 Å². The molecule has 0 heterocycles. The average Bonchev–Trinajstić information content (AvgIpc) is 2.34. The maximum atomic E-state index is 10.7. The molecule has 0 atom stereocenters. The standard InChI is InChI=1S/C12H18N2O4/c1-9(2)17-4-5-18-12-7-10(13-3)6-11(8-12)14(15)16/h6-9,13H,4-5H2,1-3H3. The second-order valence-corrected chi connectivity index (χ2v) is 3.99. The van der Waals surface area contributed by atoms with Gasteiger partial charge in [-0.05, 0) is 13.8 Å². The van der Waals surface area contributed by atoms with Gasteiger partial charge in [0.2, 0.25) is 0 Å². The van der Waals surface area contributed by atoms with Crippen molar-refractivity contribution >= 4 is 11.4 Å². The van der Waals surface area contributed by atoms with E-state index in [0.29, 0.717) is 24.7 Å². The highest BCUT2D eigenvalue weighted by Crippen LogP contribution is 2.25. The monoisotopic (exact) mass is 254 g/mol. The van der Waals surface area contributed by atoms with Crippen molar-refractivity contribution in [3.63, 3.8) is 0 Å². The highest BCUT2D eigenvalue weighted by Gasteiger charge is 2.10. The van der Waals surface area contributed by atoms with Crippen molar-refractivity contribution in [1.82, 2.24) is 0 Å². The second-order valence-electron chi connectivity index (χ2n) is 3.99. The zero-order valence-electron chi connectivity index (χ0n) is 10.8. The fourth-order valence-electron chi connectivity index (χ4n) is 1.36. The molecule has 1 aromatic carbocycles. The Morgan fingerprint density at radius 2 is 2.06 bits per heavy atom. The molecular formula is C12H18N2O4. The first-order valence-corrected chi connectivity index (χ1v) is 5.74. The summed E-state index contributed by atoms with van der Waals surface area (Å²) in [6, 6.07) is 4.57. The van der Waals surface area contributed by atoms with Crippen LogP contribution >= 0.6 is 0 Å². The topological polar surface area (TPSA) is 73.6 Å². The fourth-order valence-corrected chi connectivity index (χ4v) is 1.36. The van der Waals surface area contributed by atoms with Gasteiger partial charge in [0.15, 0.2) is 0 Å². The molecule has 6 heteroatoms. The molecule has 0 bridgehead atoms. The summed E-state index contributed by atoms with van der Waals surface area (Å²) in [6.45, 7) is 4.69. The summed E-state index contributed by atoms with van der Waals surface area (Å²) in [6.07, 6.45) is 0.145. The maximum absolute atomic E-state index is 10.7. The lowest BCUT2D eigenvalue weighted by Gasteiger charge is -2.10. The predicted octanol–water partition coefficient (Wildman–Crippen LogP) is 2.44. The van der Waals surface area contributed by atoms with Crippen LogP contribution in [0.4, 0.5) is 11.4 Å². The number of rotatable bonds is 7. The third kappa shape index (κ3) is 4.58. The van der Waals surface area contributed by atoms with Gasteiger partial charge in [-0.2, -0.15) is 0 Å². The number of nitro benzene ring substituents is 1. The van der Waals surface area contributed by atoms with E-state index in [1.54, 1.807) is 13.1 Å². The molecular weight excluding hydrogens is 236 g/mol. The Morgan fingerprint density at radius 1 is 1.33 bits per heavy atom. The largest absolute Gasteiger partial charge is 0.491 e. The van der Waals surface area contributed by atoms with Crippen LogP contribution in [0.3, 0.4) is 0 Å². The maximum Gasteiger partial charge on any atom is 0.275 e. The molecule has 1 N–H and O–H groups in total. The van der Waals surface area contributed by atoms with Crippen LogP contribution in [0.15, 0.2) is 18.2 Å². The third-order valence-electron chi connectivity index (χ3n) is 2.19. The number of nitrogens with zero attached hydrogens (tertiary/aromatic N) is 1. The van der Waals surface area contributed by atoms with Crippen LogP contribution in [-0.4, -0.2) is 31.3 Å². The Kier molecular flexibility index (Phi) is 5.38. The zero-order chi connectivity index (χ0) is 13.5. The first-order chi connectivity index (χ1) is 8.52. The normalized spacial score (nSPS) is 10.4. The molecule has 0 aliphatic rings. The molecule has 0 aliphatic heterocycles. The fraction of sp³-hybridized carbons (Fsp3) is 0.500. The molecule has 0 spiro atoms. The predicted molar refractivity (Wildman–Crippen MR) is 69.2 cm³/mol. The number of anilines is 1. The average molecular weight is 254 g/mol. The lowest BCUT2D eigenvalue weighted by Crippen LogP contribution is -2.11. The Bertz CT molecular complexity index is 407. The van der Waals surface area contributed by atoms with Gasteiger partial charge in [-0.15, -0.1) is 0 Å². The van der Waals surface area contributed by atoms with Crippen molar-refractivity contribution < 1.29 is 14.4 Å². The van der Waals surface area contributed by atoms with Gasteiger partial charge in [-0.3, -0.25) is 10.1 Å². The molecule has 0 aliphatic carbocycles. The molecule has 1 aromatic rings. The van der Waals surface area contributed by atoms with Gasteiger partial charge >= 0.3 is 0 Å². The SMILES string of the molecule is CNc1cc(OCCOC(C)C)cc([N+](=O)[O-])c1. The van der Waals surface area contributed by atoms with E-state index in [1.807, 2.05) is 13.8 Å². The molecule has 0 fully saturated rings. The summed E-state index contributed by atoms with van der Waals surface area (Å²) >= 11 is 0. The first kappa shape index (κ1) is 14.2. The number of hydrogen-bond donors (Lipinski definition) is 1. The molecule has 0 unspecified atom stereocenters. The van der Waals surface area contributed by atoms with Crippen LogP contribution < -0.4 is 10.1 Å². The number of benzene rings is 1. The molecule has 0 saturated heterocycles. The van der Waals surface area contributed by atoms with E-state index in [2.05, 4.69) is 5.32 Å². The van der Waals surface area contributed by atoms with Crippen LogP contribution in [0.25, 0.3) is 0 Å². The summed E-state index contributed by atoms with van der Waals surface area (Å²) < 4.78 is 10.7. The molecule has 100 valence electrons. The Morgan fingerprint density at radius 3 is 2.61 bits per heavy atom. The Labute approximate surface area is 106 Å². The minimum absolute atomic E-state index is 0.00151. The number of hydrogen-bond acceptors (Lipinski definition) is 5. The molecule has 6 nitrogen and oxygen atoms in total. The lowest BCUT2D eigenvalue weighted by atomic mass is 10.2. The number of ether oxygens (including phenoxy) is 2. The molecule has 0 amide bonds. The van der Waals surface area contributed by atoms with Crippen LogP contribution in [-0.2, 0) is 4.74 Å². The van der Waals surface area contributed by atoms with Crippen LogP contribution in [0.1, 0.15) is 13.8 Å². The quantitative estimate of drug-likeness (QED) is 0.459. The molecule has 0 radical (unpaired) electrons. The minimum atomic E-state index is -0.446. The number of nitrogens with one attached hydrogen (secondary N) is 1. The van der Waals surface area contributed by atoms with Crippen LogP contribution in [0.2, 0.25) is 0 Å². The van der Waals surface area contributed by atoms with E-state index < -0.39 is 4.92 Å². The van der Waals surface area contributed by atoms with Crippen molar-refractivity contribution in [3.05, 3.63) is 28.3 Å². The number of nitro groups is 1. The molecule has 1 rings (SSSR count). The first-order valence-electron chi connectivity index (χ1n) is 5.74. The van der Waals surface area contributed by atoms with E-state index in [1.165, 1.54) is 12.1 Å². The highest BCUT2D eigenvalue weighted by atomic mass is 16.6. The van der Waals surface area contributed by atoms with Crippen LogP contribution in [0, 0.1) is 10.1 Å². The smallest absolute Gasteiger partial charge is 0.275 e. The van der Waals surface area contributed by atoms with E-state index in [-0.39, 0.29) is 11.8 Å². The van der Waals surface area contributed by atoms with Gasteiger partial charge < -0.3 is 14.8 Å². The van der Waals surface area contributed by atoms with E-state index in [0.717, 1.165) is 0 Å². The summed E-state index contributed by atoms with van der Waals surface area (Å²) in [4.78, 5) is 10.3. The van der Waals surface area contributed by atoms with Gasteiger partial charge in [0.05, 0.1) is 23.7 Å². The Hall–Kier alpha value is -1.82. The van der Waals surface area contributed by atoms with Crippen molar-refractivity contribution in [2.45, 2.75) is 20.0 Å². The highest BCUT2D eigenvalue weighted by molar-refractivity contribution is 5.55. The Balaban J connectivity index is 2.64. The van der Waals surface area contributed by atoms with E-state index in [9.17, 15) is 10.1 Å². The molecule has 0 saturated carbocycles. The van der Waals surface area contributed by atoms with E-state index >= 15 is 0 Å². The second kappa shape index (κ2) is 6.80. The molecule has 18 heavy (non-hydrogen) atoms. The van der Waals surface area contributed by atoms with Gasteiger partial charge in [0.25, 0.3) is 5.69 Å². The van der Waals surface area contributed by atoms with Crippen molar-refractivity contribution in [1.29, 1.82) is 0 Å². The van der Waals surface area contributed by atoms with Gasteiger partial charge in [0, 0.05) is 24.9 Å². The van der Waals surface area contributed by atoms with Crippen molar-refractivity contribution in [2.24, 2.45) is 0 Å².